The first-order chi connectivity index (χ1) is 17.8. The number of para-hydroxylation sites is 1. The molecular weight excluding hydrogens is 468 g/mol. The molecule has 0 bridgehead atoms. The minimum Gasteiger partial charge on any atom is -0.480 e. The van der Waals surface area contributed by atoms with E-state index in [0.29, 0.717) is 11.1 Å². The second-order valence-electron chi connectivity index (χ2n) is 8.79. The van der Waals surface area contributed by atoms with Crippen molar-refractivity contribution in [3.63, 3.8) is 0 Å². The number of H-pyrrole nitrogens is 1. The number of anilines is 1. The molecule has 0 aliphatic heterocycles. The number of aliphatic carboxylic acids is 1. The van der Waals surface area contributed by atoms with E-state index in [1.54, 1.807) is 36.5 Å². The van der Waals surface area contributed by atoms with Gasteiger partial charge in [-0.2, -0.15) is 0 Å². The molecule has 3 aromatic carbocycles. The zero-order chi connectivity index (χ0) is 26.4. The minimum atomic E-state index is -1.21. The molecule has 8 nitrogen and oxygen atoms in total. The topological polar surface area (TPSA) is 115 Å². The van der Waals surface area contributed by atoms with E-state index in [-0.39, 0.29) is 12.1 Å². The Morgan fingerprint density at radius 3 is 2.30 bits per heavy atom. The monoisotopic (exact) mass is 496 g/mol. The number of hydrogen-bond acceptors (Lipinski definition) is 4. The number of carboxylic acids is 1. The van der Waals surface area contributed by atoms with Crippen molar-refractivity contribution in [2.75, 3.05) is 19.0 Å². The molecule has 0 radical (unpaired) electrons. The van der Waals surface area contributed by atoms with Gasteiger partial charge in [-0.1, -0.05) is 48.5 Å². The van der Waals surface area contributed by atoms with E-state index in [1.807, 2.05) is 67.5 Å². The zero-order valence-corrected chi connectivity index (χ0v) is 20.6. The predicted molar refractivity (Wildman–Crippen MR) is 144 cm³/mol. The van der Waals surface area contributed by atoms with E-state index in [1.165, 1.54) is 6.08 Å². The number of carbonyl (C=O) groups is 3. The van der Waals surface area contributed by atoms with Crippen molar-refractivity contribution in [2.24, 2.45) is 0 Å². The second-order valence-corrected chi connectivity index (χ2v) is 8.79. The van der Waals surface area contributed by atoms with Gasteiger partial charge >= 0.3 is 5.97 Å². The van der Waals surface area contributed by atoms with Crippen LogP contribution in [0.4, 0.5) is 5.69 Å². The van der Waals surface area contributed by atoms with Crippen molar-refractivity contribution in [3.05, 3.63) is 107 Å². The van der Waals surface area contributed by atoms with E-state index in [2.05, 4.69) is 15.6 Å². The van der Waals surface area contributed by atoms with Gasteiger partial charge in [0.1, 0.15) is 11.7 Å². The highest BCUT2D eigenvalue weighted by atomic mass is 16.4. The van der Waals surface area contributed by atoms with Crippen molar-refractivity contribution in [2.45, 2.75) is 12.5 Å². The molecule has 8 heteroatoms. The average molecular weight is 497 g/mol. The van der Waals surface area contributed by atoms with Gasteiger partial charge in [0.05, 0.1) is 0 Å². The molecule has 1 aromatic heterocycles. The Balaban J connectivity index is 1.60. The normalized spacial score (nSPS) is 12.1. The van der Waals surface area contributed by atoms with Crippen LogP contribution in [0.1, 0.15) is 21.5 Å². The number of carbonyl (C=O) groups excluding carboxylic acids is 2. The Morgan fingerprint density at radius 1 is 0.946 bits per heavy atom. The molecule has 0 aliphatic rings. The van der Waals surface area contributed by atoms with Gasteiger partial charge in [-0.15, -0.1) is 0 Å². The summed E-state index contributed by atoms with van der Waals surface area (Å²) in [5.74, 6) is -2.36. The summed E-state index contributed by atoms with van der Waals surface area (Å²) in [4.78, 5) is 43.3. The maximum Gasteiger partial charge on any atom is 0.326 e. The number of aromatic amines is 1. The second kappa shape index (κ2) is 11.3. The molecule has 0 aliphatic carbocycles. The highest BCUT2D eigenvalue weighted by molar-refractivity contribution is 6.06. The molecule has 0 spiro atoms. The molecule has 4 aromatic rings. The Bertz CT molecular complexity index is 1440. The summed E-state index contributed by atoms with van der Waals surface area (Å²) in [6.45, 7) is 0. The highest BCUT2D eigenvalue weighted by Gasteiger charge is 2.24. The third kappa shape index (κ3) is 6.24. The van der Waals surface area contributed by atoms with Crippen LogP contribution in [0.2, 0.25) is 0 Å². The van der Waals surface area contributed by atoms with Gasteiger partial charge in [0.15, 0.2) is 0 Å². The third-order valence-electron chi connectivity index (χ3n) is 5.95. The van der Waals surface area contributed by atoms with Crippen LogP contribution in [-0.4, -0.2) is 48.0 Å². The molecule has 1 atom stereocenters. The molecule has 188 valence electrons. The van der Waals surface area contributed by atoms with Gasteiger partial charge in [-0.25, -0.2) is 4.79 Å². The maximum absolute atomic E-state index is 13.3. The summed E-state index contributed by atoms with van der Waals surface area (Å²) < 4.78 is 0. The summed E-state index contributed by atoms with van der Waals surface area (Å²) in [6.07, 6.45) is 3.34. The molecule has 2 amide bonds. The highest BCUT2D eigenvalue weighted by Crippen LogP contribution is 2.20. The maximum atomic E-state index is 13.3. The van der Waals surface area contributed by atoms with Crippen LogP contribution in [0, 0.1) is 0 Å². The van der Waals surface area contributed by atoms with Gasteiger partial charge < -0.3 is 25.6 Å². The molecule has 1 unspecified atom stereocenters. The van der Waals surface area contributed by atoms with Crippen LogP contribution in [0.25, 0.3) is 17.0 Å². The van der Waals surface area contributed by atoms with Crippen LogP contribution in [0.5, 0.6) is 0 Å². The molecule has 4 N–H and O–H groups in total. The largest absolute Gasteiger partial charge is 0.480 e. The third-order valence-corrected chi connectivity index (χ3v) is 5.95. The first kappa shape index (κ1) is 25.2. The molecule has 0 fully saturated rings. The minimum absolute atomic E-state index is 0.0587. The van der Waals surface area contributed by atoms with Crippen molar-refractivity contribution < 1.29 is 19.5 Å². The number of hydrogen-bond donors (Lipinski definition) is 4. The molecule has 37 heavy (non-hydrogen) atoms. The smallest absolute Gasteiger partial charge is 0.326 e. The fourth-order valence-corrected chi connectivity index (χ4v) is 3.93. The lowest BCUT2D eigenvalue weighted by molar-refractivity contribution is -0.141. The van der Waals surface area contributed by atoms with E-state index in [0.717, 1.165) is 22.2 Å². The number of aromatic nitrogens is 1. The summed E-state index contributed by atoms with van der Waals surface area (Å²) in [5.41, 5.74) is 3.61. The number of nitrogens with zero attached hydrogens (tertiary/aromatic N) is 1. The van der Waals surface area contributed by atoms with Crippen molar-refractivity contribution in [3.8, 4) is 0 Å². The van der Waals surface area contributed by atoms with Crippen molar-refractivity contribution >= 4 is 40.4 Å². The summed E-state index contributed by atoms with van der Waals surface area (Å²) in [7, 11) is 3.84. The number of nitrogens with one attached hydrogen (secondary N) is 3. The number of carboxylic acid groups (broad SMARTS) is 1. The van der Waals surface area contributed by atoms with E-state index in [9.17, 15) is 19.5 Å². The molecule has 4 rings (SSSR count). The average Bonchev–Trinajstić information content (AvgIpc) is 3.31. The zero-order valence-electron chi connectivity index (χ0n) is 20.6. The molecule has 0 saturated carbocycles. The fourth-order valence-electron chi connectivity index (χ4n) is 3.93. The van der Waals surface area contributed by atoms with E-state index >= 15 is 0 Å². The Morgan fingerprint density at radius 2 is 1.62 bits per heavy atom. The number of benzene rings is 3. The van der Waals surface area contributed by atoms with E-state index < -0.39 is 23.8 Å². The molecular formula is C29H28N4O4. The van der Waals surface area contributed by atoms with Crippen molar-refractivity contribution in [1.29, 1.82) is 0 Å². The van der Waals surface area contributed by atoms with Gasteiger partial charge in [0.25, 0.3) is 11.8 Å². The van der Waals surface area contributed by atoms with Crippen LogP contribution in [0.3, 0.4) is 0 Å². The lowest BCUT2D eigenvalue weighted by atomic mass is 10.0. The van der Waals surface area contributed by atoms with Gasteiger partial charge in [0.2, 0.25) is 0 Å². The first-order valence-corrected chi connectivity index (χ1v) is 11.8. The Hall–Kier alpha value is -4.85. The Kier molecular flexibility index (Phi) is 7.68. The van der Waals surface area contributed by atoms with Crippen molar-refractivity contribution in [1.82, 2.24) is 15.6 Å². The number of amides is 2. The summed E-state index contributed by atoms with van der Waals surface area (Å²) in [6, 6.07) is 22.2. The molecule has 1 heterocycles. The lowest BCUT2D eigenvalue weighted by Gasteiger charge is -2.17. The van der Waals surface area contributed by atoms with Crippen LogP contribution in [-0.2, 0) is 16.0 Å². The quantitative estimate of drug-likeness (QED) is 0.263. The summed E-state index contributed by atoms with van der Waals surface area (Å²) in [5, 5.41) is 16.0. The van der Waals surface area contributed by atoms with Gasteiger partial charge in [0, 0.05) is 48.9 Å². The predicted octanol–water partition coefficient (Wildman–Crippen LogP) is 3.82. The van der Waals surface area contributed by atoms with Crippen LogP contribution in [0.15, 0.2) is 90.8 Å². The number of rotatable bonds is 9. The van der Waals surface area contributed by atoms with Crippen LogP contribution < -0.4 is 15.5 Å². The Labute approximate surface area is 214 Å². The van der Waals surface area contributed by atoms with E-state index in [4.69, 9.17) is 0 Å². The lowest BCUT2D eigenvalue weighted by Crippen LogP contribution is -2.45. The van der Waals surface area contributed by atoms with Crippen LogP contribution >= 0.6 is 0 Å². The first-order valence-electron chi connectivity index (χ1n) is 11.8. The number of fused-ring (bicyclic) bond motifs is 1. The standard InChI is InChI=1S/C29H28N4O4/c1-33(2)22-14-12-19(13-15-22)16-25(31-27(34)20-8-4-3-5-9-20)28(35)32-26(29(36)37)17-21-18-30-24-11-7-6-10-23(21)24/h3-16,18,26,30H,17H2,1-2H3,(H,31,34)(H,32,35)(H,36,37)/b25-16+. The SMILES string of the molecule is CN(C)c1ccc(/C=C(/NC(=O)c2ccccc2)C(=O)NC(Cc2c[nH]c3ccccc23)C(=O)O)cc1. The fraction of sp³-hybridized carbons (Fsp3) is 0.138. The molecule has 0 saturated heterocycles. The van der Waals surface area contributed by atoms with Gasteiger partial charge in [-0.05, 0) is 47.5 Å². The summed E-state index contributed by atoms with van der Waals surface area (Å²) >= 11 is 0. The van der Waals surface area contributed by atoms with Gasteiger partial charge in [-0.3, -0.25) is 9.59 Å².